The largest absolute Gasteiger partial charge is 0.496 e. The molecule has 120 valence electrons. The Hall–Kier alpha value is -1.06. The number of nitrogens with one attached hydrogen (secondary N) is 1. The third-order valence-corrected chi connectivity index (χ3v) is 3.71. The zero-order chi connectivity index (χ0) is 15.9. The van der Waals surface area contributed by atoms with E-state index in [1.165, 1.54) is 5.56 Å². The van der Waals surface area contributed by atoms with E-state index in [1.54, 1.807) is 7.11 Å². The molecule has 0 amide bonds. The molecule has 0 unspecified atom stereocenters. The Kier molecular flexibility index (Phi) is 7.20. The van der Waals surface area contributed by atoms with Crippen LogP contribution in [0.25, 0.3) is 0 Å². The molecule has 21 heavy (non-hydrogen) atoms. The minimum absolute atomic E-state index is 0.401. The number of aliphatic hydroxyl groups is 1. The summed E-state index contributed by atoms with van der Waals surface area (Å²) in [6.07, 6.45) is 3.93. The predicted molar refractivity (Wildman–Crippen MR) is 88.9 cm³/mol. The van der Waals surface area contributed by atoms with Crippen LogP contribution in [-0.2, 0) is 6.42 Å². The summed E-state index contributed by atoms with van der Waals surface area (Å²) in [5, 5.41) is 13.4. The lowest BCUT2D eigenvalue weighted by Gasteiger charge is -2.22. The Bertz CT molecular complexity index is 412. The van der Waals surface area contributed by atoms with Crippen LogP contribution in [0.2, 0.25) is 0 Å². The van der Waals surface area contributed by atoms with Gasteiger partial charge in [-0.05, 0) is 65.0 Å². The number of benzene rings is 1. The topological polar surface area (TPSA) is 41.5 Å². The van der Waals surface area contributed by atoms with Crippen LogP contribution in [0.1, 0.15) is 52.5 Å². The second-order valence-corrected chi connectivity index (χ2v) is 6.69. The van der Waals surface area contributed by atoms with Crippen molar-refractivity contribution in [3.8, 4) is 5.75 Å². The van der Waals surface area contributed by atoms with Crippen LogP contribution >= 0.6 is 0 Å². The fourth-order valence-corrected chi connectivity index (χ4v) is 2.67. The molecule has 0 aliphatic heterocycles. The van der Waals surface area contributed by atoms with Crippen LogP contribution in [0.15, 0.2) is 24.3 Å². The lowest BCUT2D eigenvalue weighted by molar-refractivity contribution is 0.0674. The van der Waals surface area contributed by atoms with Crippen LogP contribution in [0.3, 0.4) is 0 Å². The number of ether oxygens (including phenoxy) is 1. The van der Waals surface area contributed by atoms with E-state index < -0.39 is 5.60 Å². The van der Waals surface area contributed by atoms with Crippen molar-refractivity contribution in [3.05, 3.63) is 29.8 Å². The minimum atomic E-state index is -0.553. The fourth-order valence-electron chi connectivity index (χ4n) is 2.67. The van der Waals surface area contributed by atoms with Crippen LogP contribution in [0.5, 0.6) is 5.75 Å². The summed E-state index contributed by atoms with van der Waals surface area (Å²) in [4.78, 5) is 0. The van der Waals surface area contributed by atoms with Gasteiger partial charge in [0.25, 0.3) is 0 Å². The summed E-state index contributed by atoms with van der Waals surface area (Å²) in [7, 11) is 1.72. The third kappa shape index (κ3) is 7.49. The van der Waals surface area contributed by atoms with Gasteiger partial charge >= 0.3 is 0 Å². The molecule has 1 aromatic carbocycles. The first-order valence-electron chi connectivity index (χ1n) is 7.92. The molecule has 3 heteroatoms. The van der Waals surface area contributed by atoms with E-state index in [4.69, 9.17) is 4.74 Å². The van der Waals surface area contributed by atoms with E-state index in [0.29, 0.717) is 12.1 Å². The highest BCUT2D eigenvalue weighted by molar-refractivity contribution is 5.33. The molecule has 0 radical (unpaired) electrons. The first kappa shape index (κ1) is 18.0. The van der Waals surface area contributed by atoms with Gasteiger partial charge in [0.05, 0.1) is 12.7 Å². The molecule has 2 N–H and O–H groups in total. The van der Waals surface area contributed by atoms with Crippen LogP contribution in [0, 0.1) is 0 Å². The number of methoxy groups -OCH3 is 1. The molecule has 2 atom stereocenters. The van der Waals surface area contributed by atoms with Gasteiger partial charge in [-0.3, -0.25) is 0 Å². The highest BCUT2D eigenvalue weighted by Crippen LogP contribution is 2.19. The zero-order valence-corrected chi connectivity index (χ0v) is 14.1. The molecule has 0 aliphatic rings. The van der Waals surface area contributed by atoms with Crippen molar-refractivity contribution < 1.29 is 9.84 Å². The maximum Gasteiger partial charge on any atom is 0.122 e. The van der Waals surface area contributed by atoms with Gasteiger partial charge in [0, 0.05) is 12.1 Å². The van der Waals surface area contributed by atoms with Gasteiger partial charge in [0.15, 0.2) is 0 Å². The van der Waals surface area contributed by atoms with Crippen LogP contribution < -0.4 is 10.1 Å². The highest BCUT2D eigenvalue weighted by atomic mass is 16.5. The summed E-state index contributed by atoms with van der Waals surface area (Å²) >= 11 is 0. The van der Waals surface area contributed by atoms with Crippen molar-refractivity contribution in [1.29, 1.82) is 0 Å². The molecule has 0 saturated carbocycles. The number of para-hydroxylation sites is 1. The van der Waals surface area contributed by atoms with Gasteiger partial charge in [-0.2, -0.15) is 0 Å². The summed E-state index contributed by atoms with van der Waals surface area (Å²) < 4.78 is 5.40. The Balaban J connectivity index is 2.37. The first-order chi connectivity index (χ1) is 9.81. The van der Waals surface area contributed by atoms with Gasteiger partial charge in [-0.15, -0.1) is 0 Å². The number of hydrogen-bond donors (Lipinski definition) is 2. The van der Waals surface area contributed by atoms with Gasteiger partial charge in [0.1, 0.15) is 5.75 Å². The fraction of sp³-hybridized carbons (Fsp3) is 0.667. The molecular weight excluding hydrogens is 262 g/mol. The first-order valence-corrected chi connectivity index (χ1v) is 7.92. The molecular formula is C18H31NO2. The Morgan fingerprint density at radius 3 is 2.48 bits per heavy atom. The number of rotatable bonds is 9. The second kappa shape index (κ2) is 8.40. The van der Waals surface area contributed by atoms with E-state index >= 15 is 0 Å². The molecule has 0 bridgehead atoms. The Morgan fingerprint density at radius 1 is 1.19 bits per heavy atom. The van der Waals surface area contributed by atoms with Crippen molar-refractivity contribution in [2.75, 3.05) is 7.11 Å². The maximum absolute atomic E-state index is 9.73. The summed E-state index contributed by atoms with van der Waals surface area (Å²) in [5.74, 6) is 0.959. The van der Waals surface area contributed by atoms with Crippen molar-refractivity contribution in [2.24, 2.45) is 0 Å². The van der Waals surface area contributed by atoms with Gasteiger partial charge < -0.3 is 15.2 Å². The molecule has 1 rings (SSSR count). The van der Waals surface area contributed by atoms with Crippen LogP contribution in [-0.4, -0.2) is 29.9 Å². The molecule has 0 spiro atoms. The third-order valence-electron chi connectivity index (χ3n) is 3.71. The summed E-state index contributed by atoms with van der Waals surface area (Å²) in [6.45, 7) is 8.16. The van der Waals surface area contributed by atoms with E-state index in [0.717, 1.165) is 31.4 Å². The lowest BCUT2D eigenvalue weighted by atomic mass is 9.99. The van der Waals surface area contributed by atoms with Crippen molar-refractivity contribution in [3.63, 3.8) is 0 Å². The standard InChI is InChI=1S/C18H31NO2/c1-14(9-8-12-18(3,4)20)19-15(2)13-16-10-6-7-11-17(16)21-5/h6-7,10-11,14-15,19-20H,8-9,12-13H2,1-5H3/t14-,15-/m0/s1. The molecule has 0 aromatic heterocycles. The maximum atomic E-state index is 9.73. The van der Waals surface area contributed by atoms with E-state index in [9.17, 15) is 5.11 Å². The van der Waals surface area contributed by atoms with Gasteiger partial charge in [0.2, 0.25) is 0 Å². The molecule has 0 fully saturated rings. The van der Waals surface area contributed by atoms with Crippen molar-refractivity contribution >= 4 is 0 Å². The Morgan fingerprint density at radius 2 is 1.86 bits per heavy atom. The lowest BCUT2D eigenvalue weighted by Crippen LogP contribution is -2.36. The smallest absolute Gasteiger partial charge is 0.122 e. The highest BCUT2D eigenvalue weighted by Gasteiger charge is 2.14. The monoisotopic (exact) mass is 293 g/mol. The van der Waals surface area contributed by atoms with E-state index in [1.807, 2.05) is 26.0 Å². The van der Waals surface area contributed by atoms with E-state index in [2.05, 4.69) is 31.3 Å². The second-order valence-electron chi connectivity index (χ2n) is 6.69. The molecule has 0 aliphatic carbocycles. The van der Waals surface area contributed by atoms with Crippen LogP contribution in [0.4, 0.5) is 0 Å². The molecule has 3 nitrogen and oxygen atoms in total. The van der Waals surface area contributed by atoms with Gasteiger partial charge in [-0.25, -0.2) is 0 Å². The summed E-state index contributed by atoms with van der Waals surface area (Å²) in [6, 6.07) is 9.04. The van der Waals surface area contributed by atoms with Crippen molar-refractivity contribution in [1.82, 2.24) is 5.32 Å². The Labute approximate surface area is 129 Å². The normalized spacial score (nSPS) is 14.8. The SMILES string of the molecule is COc1ccccc1C[C@H](C)N[C@@H](C)CCCC(C)(C)O. The summed E-state index contributed by atoms with van der Waals surface area (Å²) in [5.41, 5.74) is 0.687. The molecule has 1 aromatic rings. The molecule has 0 saturated heterocycles. The number of hydrogen-bond acceptors (Lipinski definition) is 3. The minimum Gasteiger partial charge on any atom is -0.496 e. The van der Waals surface area contributed by atoms with Crippen molar-refractivity contribution in [2.45, 2.75) is 71.1 Å². The molecule has 0 heterocycles. The van der Waals surface area contributed by atoms with E-state index in [-0.39, 0.29) is 0 Å². The zero-order valence-electron chi connectivity index (χ0n) is 14.1. The average molecular weight is 293 g/mol. The predicted octanol–water partition coefficient (Wildman–Crippen LogP) is 3.55. The quantitative estimate of drug-likeness (QED) is 0.731. The van der Waals surface area contributed by atoms with Gasteiger partial charge in [-0.1, -0.05) is 18.2 Å². The average Bonchev–Trinajstić information content (AvgIpc) is 2.37.